The highest BCUT2D eigenvalue weighted by molar-refractivity contribution is 6.31. The Bertz CT molecular complexity index is 410. The third kappa shape index (κ3) is 3.54. The van der Waals surface area contributed by atoms with Gasteiger partial charge in [-0.1, -0.05) is 12.1 Å². The summed E-state index contributed by atoms with van der Waals surface area (Å²) in [6.45, 7) is -1.70. The predicted molar refractivity (Wildman–Crippen MR) is 61.9 cm³/mol. The average Bonchev–Trinajstić information content (AvgIpc) is 2.26. The van der Waals surface area contributed by atoms with E-state index in [1.807, 2.05) is 0 Å². The summed E-state index contributed by atoms with van der Waals surface area (Å²) in [7, 11) is 0. The van der Waals surface area contributed by atoms with E-state index in [9.17, 15) is 13.6 Å². The minimum absolute atomic E-state index is 0.0618. The Kier molecular flexibility index (Phi) is 5.15. The molecule has 0 saturated heterocycles. The number of Topliss-reactive ketones (excluding diaryl/α,β-unsaturated/α-hetero) is 1. The summed E-state index contributed by atoms with van der Waals surface area (Å²) in [5, 5.41) is -1.04. The van der Waals surface area contributed by atoms with Crippen molar-refractivity contribution in [1.82, 2.24) is 0 Å². The molecule has 0 aliphatic carbocycles. The molecule has 0 bridgehead atoms. The molecule has 17 heavy (non-hydrogen) atoms. The fourth-order valence-corrected chi connectivity index (χ4v) is 1.88. The molecule has 1 aromatic carbocycles. The molecular formula is C11H10Cl2F2O2. The Labute approximate surface area is 107 Å². The number of benzene rings is 1. The normalized spacial score (nSPS) is 12.6. The van der Waals surface area contributed by atoms with Crippen molar-refractivity contribution in [3.63, 3.8) is 0 Å². The van der Waals surface area contributed by atoms with Gasteiger partial charge in [-0.05, 0) is 18.6 Å². The second-order valence-corrected chi connectivity index (χ2v) is 4.02. The Balaban J connectivity index is 3.24. The van der Waals surface area contributed by atoms with E-state index >= 15 is 0 Å². The number of hydrogen-bond donors (Lipinski definition) is 0. The van der Waals surface area contributed by atoms with Gasteiger partial charge >= 0.3 is 6.61 Å². The van der Waals surface area contributed by atoms with E-state index in [1.165, 1.54) is 19.1 Å². The highest BCUT2D eigenvalue weighted by Gasteiger charge is 2.23. The molecule has 0 spiro atoms. The molecule has 0 saturated carbocycles. The van der Waals surface area contributed by atoms with Gasteiger partial charge in [0.1, 0.15) is 11.1 Å². The first-order valence-electron chi connectivity index (χ1n) is 4.74. The quantitative estimate of drug-likeness (QED) is 0.766. The Morgan fingerprint density at radius 1 is 1.47 bits per heavy atom. The molecule has 6 heteroatoms. The molecule has 0 aliphatic rings. The van der Waals surface area contributed by atoms with E-state index in [0.717, 1.165) is 0 Å². The van der Waals surface area contributed by atoms with Gasteiger partial charge in [-0.3, -0.25) is 4.79 Å². The smallest absolute Gasteiger partial charge is 0.387 e. The molecule has 1 rings (SSSR count). The van der Waals surface area contributed by atoms with Crippen molar-refractivity contribution >= 4 is 29.0 Å². The van der Waals surface area contributed by atoms with Gasteiger partial charge in [-0.2, -0.15) is 8.78 Å². The van der Waals surface area contributed by atoms with Crippen LogP contribution in [0.15, 0.2) is 18.2 Å². The van der Waals surface area contributed by atoms with Crippen molar-refractivity contribution < 1.29 is 18.3 Å². The predicted octanol–water partition coefficient (Wildman–Crippen LogP) is 3.90. The van der Waals surface area contributed by atoms with Gasteiger partial charge in [-0.15, -0.1) is 23.2 Å². The van der Waals surface area contributed by atoms with Crippen molar-refractivity contribution in [3.05, 3.63) is 29.3 Å². The van der Waals surface area contributed by atoms with Crippen LogP contribution in [0.3, 0.4) is 0 Å². The number of carbonyl (C=O) groups excluding carboxylic acids is 1. The molecule has 1 aromatic rings. The average molecular weight is 283 g/mol. The van der Waals surface area contributed by atoms with Gasteiger partial charge in [0.2, 0.25) is 0 Å². The van der Waals surface area contributed by atoms with Gasteiger partial charge in [0, 0.05) is 11.4 Å². The van der Waals surface area contributed by atoms with Crippen LogP contribution in [0.4, 0.5) is 8.78 Å². The van der Waals surface area contributed by atoms with Crippen LogP contribution in [0.1, 0.15) is 23.4 Å². The standard InChI is InChI=1S/C11H10Cl2F2O2/c1-6(16)10(13)9-7(5-12)3-2-4-8(9)17-11(14)15/h2-4,10-11H,5H2,1H3. The first kappa shape index (κ1) is 14.2. The number of rotatable bonds is 5. The van der Waals surface area contributed by atoms with E-state index in [4.69, 9.17) is 23.2 Å². The lowest BCUT2D eigenvalue weighted by atomic mass is 10.0. The summed E-state index contributed by atoms with van der Waals surface area (Å²) < 4.78 is 28.8. The van der Waals surface area contributed by atoms with E-state index in [-0.39, 0.29) is 23.0 Å². The van der Waals surface area contributed by atoms with E-state index < -0.39 is 12.0 Å². The maximum absolute atomic E-state index is 12.2. The maximum atomic E-state index is 12.2. The van der Waals surface area contributed by atoms with Crippen LogP contribution < -0.4 is 4.74 Å². The number of ketones is 1. The SMILES string of the molecule is CC(=O)C(Cl)c1c(CCl)cccc1OC(F)F. The number of ether oxygens (including phenoxy) is 1. The zero-order valence-electron chi connectivity index (χ0n) is 8.92. The minimum Gasteiger partial charge on any atom is -0.434 e. The van der Waals surface area contributed by atoms with Gasteiger partial charge in [0.15, 0.2) is 5.78 Å². The number of halogens is 4. The minimum atomic E-state index is -2.98. The highest BCUT2D eigenvalue weighted by Crippen LogP contribution is 2.35. The first-order chi connectivity index (χ1) is 7.97. The number of alkyl halides is 4. The van der Waals surface area contributed by atoms with Crippen LogP contribution in [0.5, 0.6) is 5.75 Å². The first-order valence-corrected chi connectivity index (χ1v) is 5.71. The summed E-state index contributed by atoms with van der Waals surface area (Å²) in [5.41, 5.74) is 0.706. The molecule has 0 N–H and O–H groups in total. The van der Waals surface area contributed by atoms with Crippen LogP contribution in [-0.2, 0) is 10.7 Å². The van der Waals surface area contributed by atoms with Crippen LogP contribution in [-0.4, -0.2) is 12.4 Å². The molecule has 0 aliphatic heterocycles. The van der Waals surface area contributed by atoms with Crippen molar-refractivity contribution in [2.75, 3.05) is 0 Å². The van der Waals surface area contributed by atoms with Gasteiger partial charge in [-0.25, -0.2) is 0 Å². The van der Waals surface area contributed by atoms with Crippen LogP contribution in [0.2, 0.25) is 0 Å². The third-order valence-electron chi connectivity index (χ3n) is 2.13. The second-order valence-electron chi connectivity index (χ2n) is 3.31. The monoisotopic (exact) mass is 282 g/mol. The topological polar surface area (TPSA) is 26.3 Å². The molecule has 1 atom stereocenters. The van der Waals surface area contributed by atoms with Crippen molar-refractivity contribution in [2.24, 2.45) is 0 Å². The third-order valence-corrected chi connectivity index (χ3v) is 2.94. The van der Waals surface area contributed by atoms with Gasteiger partial charge in [0.25, 0.3) is 0 Å². The molecule has 0 fully saturated rings. The zero-order valence-corrected chi connectivity index (χ0v) is 10.4. The Morgan fingerprint density at radius 2 is 2.12 bits per heavy atom. The van der Waals surface area contributed by atoms with Crippen molar-refractivity contribution in [1.29, 1.82) is 0 Å². The largest absolute Gasteiger partial charge is 0.434 e. The van der Waals surface area contributed by atoms with Crippen molar-refractivity contribution in [3.8, 4) is 5.75 Å². The molecular weight excluding hydrogens is 273 g/mol. The summed E-state index contributed by atoms with van der Waals surface area (Å²) in [5.74, 6) is -0.414. The molecule has 2 nitrogen and oxygen atoms in total. The molecule has 0 amide bonds. The maximum Gasteiger partial charge on any atom is 0.387 e. The highest BCUT2D eigenvalue weighted by atomic mass is 35.5. The van der Waals surface area contributed by atoms with Gasteiger partial charge < -0.3 is 4.74 Å². The van der Waals surface area contributed by atoms with E-state index in [2.05, 4.69) is 4.74 Å². The van der Waals surface area contributed by atoms with E-state index in [0.29, 0.717) is 5.56 Å². The Hall–Kier alpha value is -0.870. The lowest BCUT2D eigenvalue weighted by molar-refractivity contribution is -0.116. The molecule has 1 unspecified atom stereocenters. The van der Waals surface area contributed by atoms with Gasteiger partial charge in [0.05, 0.1) is 0 Å². The van der Waals surface area contributed by atoms with Crippen LogP contribution in [0, 0.1) is 0 Å². The summed E-state index contributed by atoms with van der Waals surface area (Å²) >= 11 is 11.6. The molecule has 0 aromatic heterocycles. The van der Waals surface area contributed by atoms with E-state index in [1.54, 1.807) is 6.07 Å². The molecule has 0 radical (unpaired) electrons. The lowest BCUT2D eigenvalue weighted by Gasteiger charge is -2.16. The number of hydrogen-bond acceptors (Lipinski definition) is 2. The zero-order chi connectivity index (χ0) is 13.0. The molecule has 0 heterocycles. The van der Waals surface area contributed by atoms with Crippen LogP contribution in [0.25, 0.3) is 0 Å². The Morgan fingerprint density at radius 3 is 2.59 bits per heavy atom. The van der Waals surface area contributed by atoms with Crippen LogP contribution >= 0.6 is 23.2 Å². The molecule has 94 valence electrons. The summed E-state index contributed by atoms with van der Waals surface area (Å²) in [6, 6.07) is 4.46. The summed E-state index contributed by atoms with van der Waals surface area (Å²) in [6.07, 6.45) is 0. The number of carbonyl (C=O) groups is 1. The fraction of sp³-hybridized carbons (Fsp3) is 0.364. The van der Waals surface area contributed by atoms with Crippen molar-refractivity contribution in [2.45, 2.75) is 24.8 Å². The summed E-state index contributed by atoms with van der Waals surface area (Å²) in [4.78, 5) is 11.2. The second kappa shape index (κ2) is 6.17. The fourth-order valence-electron chi connectivity index (χ4n) is 1.40. The lowest BCUT2D eigenvalue weighted by Crippen LogP contribution is -2.10.